The first-order valence-electron chi connectivity index (χ1n) is 6.31. The summed E-state index contributed by atoms with van der Waals surface area (Å²) >= 11 is 0. The zero-order valence-electron chi connectivity index (χ0n) is 11.4. The number of carbonyl (C=O) groups excluding carboxylic acids is 1. The SMILES string of the molecule is CC(=O)c1nc(C(C)CC[C@H](C)CO)[nH]c(=O)c1O. The third-order valence-electron chi connectivity index (χ3n) is 3.12. The molecule has 6 heteroatoms. The molecule has 0 radical (unpaired) electrons. The van der Waals surface area contributed by atoms with Crippen molar-refractivity contribution in [2.45, 2.75) is 39.5 Å². The first kappa shape index (κ1) is 15.4. The molecule has 1 heterocycles. The lowest BCUT2D eigenvalue weighted by molar-refractivity contribution is 0.100. The molecule has 6 nitrogen and oxygen atoms in total. The molecular formula is C13H20N2O4. The van der Waals surface area contributed by atoms with Crippen LogP contribution in [0.25, 0.3) is 0 Å². The van der Waals surface area contributed by atoms with Crippen molar-refractivity contribution in [1.29, 1.82) is 0 Å². The second kappa shape index (κ2) is 6.47. The summed E-state index contributed by atoms with van der Waals surface area (Å²) in [6.45, 7) is 5.18. The molecule has 1 aromatic heterocycles. The number of aromatic nitrogens is 2. The molecule has 0 aromatic carbocycles. The van der Waals surface area contributed by atoms with Gasteiger partial charge in [-0.15, -0.1) is 0 Å². The second-order valence-electron chi connectivity index (χ2n) is 4.97. The highest BCUT2D eigenvalue weighted by atomic mass is 16.3. The fourth-order valence-electron chi connectivity index (χ4n) is 1.73. The summed E-state index contributed by atoms with van der Waals surface area (Å²) in [5.74, 6) is -0.565. The quantitative estimate of drug-likeness (QED) is 0.672. The van der Waals surface area contributed by atoms with Gasteiger partial charge in [-0.2, -0.15) is 0 Å². The number of Topliss-reactive ketones (excluding diaryl/α,β-unsaturated/α-hetero) is 1. The van der Waals surface area contributed by atoms with Crippen LogP contribution in [0.4, 0.5) is 0 Å². The van der Waals surface area contributed by atoms with Crippen LogP contribution in [-0.2, 0) is 0 Å². The van der Waals surface area contributed by atoms with Gasteiger partial charge in [0.15, 0.2) is 11.5 Å². The van der Waals surface area contributed by atoms with E-state index in [2.05, 4.69) is 9.97 Å². The number of hydrogen-bond acceptors (Lipinski definition) is 5. The second-order valence-corrected chi connectivity index (χ2v) is 4.97. The minimum Gasteiger partial charge on any atom is -0.501 e. The first-order chi connectivity index (χ1) is 8.86. The molecule has 1 rings (SSSR count). The summed E-state index contributed by atoms with van der Waals surface area (Å²) in [6.07, 6.45) is 1.52. The van der Waals surface area contributed by atoms with Crippen LogP contribution in [0.2, 0.25) is 0 Å². The summed E-state index contributed by atoms with van der Waals surface area (Å²) < 4.78 is 0. The Hall–Kier alpha value is -1.69. The fraction of sp³-hybridized carbons (Fsp3) is 0.615. The normalized spacial score (nSPS) is 14.1. The molecule has 0 aliphatic heterocycles. The highest BCUT2D eigenvalue weighted by Gasteiger charge is 2.17. The lowest BCUT2D eigenvalue weighted by Crippen LogP contribution is -2.18. The maximum atomic E-state index is 11.5. The number of hydrogen-bond donors (Lipinski definition) is 3. The third-order valence-corrected chi connectivity index (χ3v) is 3.12. The number of aliphatic hydroxyl groups is 1. The lowest BCUT2D eigenvalue weighted by Gasteiger charge is -2.14. The van der Waals surface area contributed by atoms with Gasteiger partial charge < -0.3 is 15.2 Å². The number of aliphatic hydroxyl groups excluding tert-OH is 1. The molecule has 0 bridgehead atoms. The Morgan fingerprint density at radius 1 is 1.37 bits per heavy atom. The number of nitrogens with one attached hydrogen (secondary N) is 1. The zero-order valence-corrected chi connectivity index (χ0v) is 11.4. The van der Waals surface area contributed by atoms with Gasteiger partial charge in [0.05, 0.1) is 0 Å². The Kier molecular flexibility index (Phi) is 5.23. The van der Waals surface area contributed by atoms with Gasteiger partial charge >= 0.3 is 0 Å². The summed E-state index contributed by atoms with van der Waals surface area (Å²) in [7, 11) is 0. The molecule has 0 fully saturated rings. The summed E-state index contributed by atoms with van der Waals surface area (Å²) in [5, 5.41) is 18.4. The van der Waals surface area contributed by atoms with Gasteiger partial charge in [0.2, 0.25) is 5.75 Å². The average Bonchev–Trinajstić information content (AvgIpc) is 2.37. The largest absolute Gasteiger partial charge is 0.501 e. The first-order valence-corrected chi connectivity index (χ1v) is 6.31. The van der Waals surface area contributed by atoms with Crippen LogP contribution in [-0.4, -0.2) is 32.6 Å². The van der Waals surface area contributed by atoms with Crippen LogP contribution < -0.4 is 5.56 Å². The molecule has 0 spiro atoms. The zero-order chi connectivity index (χ0) is 14.6. The predicted molar refractivity (Wildman–Crippen MR) is 70.4 cm³/mol. The minimum absolute atomic E-state index is 0.0552. The van der Waals surface area contributed by atoms with Crippen molar-refractivity contribution in [3.63, 3.8) is 0 Å². The molecule has 106 valence electrons. The number of rotatable bonds is 6. The van der Waals surface area contributed by atoms with E-state index in [-0.39, 0.29) is 24.1 Å². The van der Waals surface area contributed by atoms with Gasteiger partial charge in [0.1, 0.15) is 5.82 Å². The van der Waals surface area contributed by atoms with E-state index in [0.717, 1.165) is 12.8 Å². The highest BCUT2D eigenvalue weighted by molar-refractivity contribution is 5.94. The number of H-pyrrole nitrogens is 1. The topological polar surface area (TPSA) is 103 Å². The van der Waals surface area contributed by atoms with E-state index in [1.165, 1.54) is 6.92 Å². The van der Waals surface area contributed by atoms with E-state index >= 15 is 0 Å². The maximum Gasteiger partial charge on any atom is 0.293 e. The molecule has 0 saturated heterocycles. The van der Waals surface area contributed by atoms with Gasteiger partial charge in [-0.3, -0.25) is 9.59 Å². The third kappa shape index (κ3) is 3.89. The molecule has 19 heavy (non-hydrogen) atoms. The van der Waals surface area contributed by atoms with Crippen LogP contribution in [0, 0.1) is 5.92 Å². The molecule has 0 aliphatic rings. The van der Waals surface area contributed by atoms with Crippen LogP contribution in [0.15, 0.2) is 4.79 Å². The standard InChI is InChI=1S/C13H20N2O4/c1-7(6-16)4-5-8(2)12-14-10(9(3)17)11(18)13(19)15-12/h7-8,16,18H,4-6H2,1-3H3,(H,14,15,19)/t7-,8?/m0/s1. The van der Waals surface area contributed by atoms with Crippen LogP contribution >= 0.6 is 0 Å². The van der Waals surface area contributed by atoms with Crippen molar-refractivity contribution in [2.75, 3.05) is 6.61 Å². The number of aromatic amines is 1. The van der Waals surface area contributed by atoms with Crippen LogP contribution in [0.3, 0.4) is 0 Å². The van der Waals surface area contributed by atoms with Crippen molar-refractivity contribution in [1.82, 2.24) is 9.97 Å². The summed E-state index contributed by atoms with van der Waals surface area (Å²) in [4.78, 5) is 29.3. The smallest absolute Gasteiger partial charge is 0.293 e. The van der Waals surface area contributed by atoms with Crippen LogP contribution in [0.5, 0.6) is 5.75 Å². The van der Waals surface area contributed by atoms with E-state index < -0.39 is 17.1 Å². The molecule has 0 amide bonds. The van der Waals surface area contributed by atoms with Crippen molar-refractivity contribution < 1.29 is 15.0 Å². The van der Waals surface area contributed by atoms with Gasteiger partial charge in [-0.05, 0) is 18.8 Å². The fourth-order valence-corrected chi connectivity index (χ4v) is 1.73. The Balaban J connectivity index is 2.95. The number of ketones is 1. The minimum atomic E-state index is -0.697. The number of aromatic hydroxyl groups is 1. The molecule has 2 atom stereocenters. The van der Waals surface area contributed by atoms with Gasteiger partial charge in [0, 0.05) is 19.4 Å². The van der Waals surface area contributed by atoms with Crippen LogP contribution in [0.1, 0.15) is 55.8 Å². The van der Waals surface area contributed by atoms with Gasteiger partial charge in [-0.25, -0.2) is 4.98 Å². The Labute approximate surface area is 111 Å². The Bertz CT molecular complexity index is 510. The Morgan fingerprint density at radius 3 is 2.53 bits per heavy atom. The summed E-state index contributed by atoms with van der Waals surface area (Å²) in [5.41, 5.74) is -0.891. The molecule has 1 unspecified atom stereocenters. The molecule has 3 N–H and O–H groups in total. The van der Waals surface area contributed by atoms with Crippen molar-refractivity contribution in [3.05, 3.63) is 21.9 Å². The van der Waals surface area contributed by atoms with E-state index in [1.807, 2.05) is 13.8 Å². The van der Waals surface area contributed by atoms with Crippen molar-refractivity contribution in [3.8, 4) is 5.75 Å². The Morgan fingerprint density at radius 2 is 2.00 bits per heavy atom. The number of carbonyl (C=O) groups is 1. The number of nitrogens with zero attached hydrogens (tertiary/aromatic N) is 1. The van der Waals surface area contributed by atoms with E-state index in [4.69, 9.17) is 5.11 Å². The predicted octanol–water partition coefficient (Wildman–Crippen LogP) is 1.19. The van der Waals surface area contributed by atoms with Gasteiger partial charge in [-0.1, -0.05) is 13.8 Å². The van der Waals surface area contributed by atoms with Crippen molar-refractivity contribution >= 4 is 5.78 Å². The highest BCUT2D eigenvalue weighted by Crippen LogP contribution is 2.21. The van der Waals surface area contributed by atoms with Crippen molar-refractivity contribution in [2.24, 2.45) is 5.92 Å². The molecular weight excluding hydrogens is 248 g/mol. The molecule has 1 aromatic rings. The molecule has 0 saturated carbocycles. The lowest BCUT2D eigenvalue weighted by atomic mass is 9.98. The van der Waals surface area contributed by atoms with E-state index in [9.17, 15) is 14.7 Å². The molecule has 0 aliphatic carbocycles. The van der Waals surface area contributed by atoms with Gasteiger partial charge in [0.25, 0.3) is 5.56 Å². The van der Waals surface area contributed by atoms with E-state index in [1.54, 1.807) is 0 Å². The maximum absolute atomic E-state index is 11.5. The summed E-state index contributed by atoms with van der Waals surface area (Å²) in [6, 6.07) is 0. The monoisotopic (exact) mass is 268 g/mol. The van der Waals surface area contributed by atoms with E-state index in [0.29, 0.717) is 5.82 Å². The average molecular weight is 268 g/mol.